The van der Waals surface area contributed by atoms with Crippen molar-refractivity contribution in [1.82, 2.24) is 0 Å². The van der Waals surface area contributed by atoms with Gasteiger partial charge in [0.15, 0.2) is 0 Å². The van der Waals surface area contributed by atoms with Gasteiger partial charge >= 0.3 is 0 Å². The van der Waals surface area contributed by atoms with Gasteiger partial charge < -0.3 is 0 Å². The summed E-state index contributed by atoms with van der Waals surface area (Å²) in [6.07, 6.45) is 3.94. The van der Waals surface area contributed by atoms with E-state index in [1.54, 1.807) is 0 Å². The van der Waals surface area contributed by atoms with Crippen molar-refractivity contribution >= 4 is 5.78 Å². The molecule has 82 valence electrons. The molecule has 1 heteroatoms. The molecular weight excluding hydrogens is 184 g/mol. The van der Waals surface area contributed by atoms with E-state index >= 15 is 0 Å². The highest BCUT2D eigenvalue weighted by Crippen LogP contribution is 2.12. The Bertz CT molecular complexity index is 289. The van der Waals surface area contributed by atoms with Crippen molar-refractivity contribution in [3.8, 4) is 0 Å². The normalized spacial score (nSPS) is 12.4. The Labute approximate surface area is 92.5 Å². The summed E-state index contributed by atoms with van der Waals surface area (Å²) in [7, 11) is 0. The van der Waals surface area contributed by atoms with Gasteiger partial charge in [-0.25, -0.2) is 0 Å². The highest BCUT2D eigenvalue weighted by atomic mass is 16.1. The summed E-state index contributed by atoms with van der Waals surface area (Å²) in [5, 5.41) is 0. The van der Waals surface area contributed by atoms with E-state index in [4.69, 9.17) is 0 Å². The third-order valence-electron chi connectivity index (χ3n) is 2.76. The van der Waals surface area contributed by atoms with Gasteiger partial charge in [-0.2, -0.15) is 0 Å². The van der Waals surface area contributed by atoms with Crippen molar-refractivity contribution < 1.29 is 4.79 Å². The van der Waals surface area contributed by atoms with Gasteiger partial charge in [-0.15, -0.1) is 0 Å². The van der Waals surface area contributed by atoms with E-state index in [1.807, 2.05) is 37.3 Å². The van der Waals surface area contributed by atoms with Gasteiger partial charge in [0.25, 0.3) is 0 Å². The number of Topliss-reactive ketones (excluding diaryl/α,β-unsaturated/α-hetero) is 1. The Morgan fingerprint density at radius 1 is 1.27 bits per heavy atom. The van der Waals surface area contributed by atoms with Crippen molar-refractivity contribution in [1.29, 1.82) is 0 Å². The van der Waals surface area contributed by atoms with Gasteiger partial charge in [0.1, 0.15) is 5.78 Å². The van der Waals surface area contributed by atoms with E-state index < -0.39 is 0 Å². The third-order valence-corrected chi connectivity index (χ3v) is 2.76. The van der Waals surface area contributed by atoms with Crippen molar-refractivity contribution in [2.75, 3.05) is 0 Å². The zero-order chi connectivity index (χ0) is 11.1. The summed E-state index contributed by atoms with van der Waals surface area (Å²) in [4.78, 5) is 11.8. The molecule has 0 heterocycles. The van der Waals surface area contributed by atoms with E-state index in [0.29, 0.717) is 12.2 Å². The van der Waals surface area contributed by atoms with E-state index in [2.05, 4.69) is 6.92 Å². The van der Waals surface area contributed by atoms with Gasteiger partial charge in [0.05, 0.1) is 0 Å². The summed E-state index contributed by atoms with van der Waals surface area (Å²) in [5.41, 5.74) is 1.13. The molecule has 0 N–H and O–H groups in total. The predicted octanol–water partition coefficient (Wildman–Crippen LogP) is 3.62. The Hall–Kier alpha value is -1.11. The zero-order valence-corrected chi connectivity index (χ0v) is 9.70. The number of ketones is 1. The lowest BCUT2D eigenvalue weighted by Crippen LogP contribution is -2.13. The lowest BCUT2D eigenvalue weighted by atomic mass is 9.95. The number of unbranched alkanes of at least 4 members (excludes halogenated alkanes) is 1. The molecule has 1 aromatic carbocycles. The third kappa shape index (κ3) is 4.28. The summed E-state index contributed by atoms with van der Waals surface area (Å²) in [5.74, 6) is 0.583. The van der Waals surface area contributed by atoms with Gasteiger partial charge in [0.2, 0.25) is 0 Å². The van der Waals surface area contributed by atoms with Crippen molar-refractivity contribution in [3.63, 3.8) is 0 Å². The fourth-order valence-corrected chi connectivity index (χ4v) is 1.64. The molecule has 0 aliphatic carbocycles. The first-order chi connectivity index (χ1) is 7.24. The van der Waals surface area contributed by atoms with Crippen LogP contribution in [0, 0.1) is 5.92 Å². The maximum Gasteiger partial charge on any atom is 0.140 e. The fraction of sp³-hybridized carbons (Fsp3) is 0.500. The topological polar surface area (TPSA) is 17.1 Å². The van der Waals surface area contributed by atoms with Crippen LogP contribution in [0.15, 0.2) is 30.3 Å². The molecule has 15 heavy (non-hydrogen) atoms. The summed E-state index contributed by atoms with van der Waals surface area (Å²) >= 11 is 0. The van der Waals surface area contributed by atoms with Crippen LogP contribution in [0.25, 0.3) is 0 Å². The van der Waals surface area contributed by atoms with Gasteiger partial charge in [-0.3, -0.25) is 4.79 Å². The standard InChI is InChI=1S/C14H20O/c1-3-4-8-12(2)14(15)11-13-9-6-5-7-10-13/h5-7,9-10,12H,3-4,8,11H2,1-2H3. The molecule has 1 nitrogen and oxygen atoms in total. The molecule has 1 unspecified atom stereocenters. The Morgan fingerprint density at radius 2 is 1.93 bits per heavy atom. The largest absolute Gasteiger partial charge is 0.299 e. The molecule has 0 aliphatic rings. The lowest BCUT2D eigenvalue weighted by molar-refractivity contribution is -0.121. The molecule has 0 bridgehead atoms. The number of hydrogen-bond acceptors (Lipinski definition) is 1. The molecule has 0 amide bonds. The van der Waals surface area contributed by atoms with Crippen LogP contribution in [0.5, 0.6) is 0 Å². The highest BCUT2D eigenvalue weighted by molar-refractivity contribution is 5.82. The van der Waals surface area contributed by atoms with Gasteiger partial charge in [-0.05, 0) is 12.0 Å². The number of carbonyl (C=O) groups is 1. The Kier molecular flexibility index (Phi) is 5.09. The average molecular weight is 204 g/mol. The first kappa shape index (κ1) is 12.0. The molecule has 0 saturated carbocycles. The van der Waals surface area contributed by atoms with E-state index in [0.717, 1.165) is 18.4 Å². The molecule has 0 saturated heterocycles. The second-order valence-electron chi connectivity index (χ2n) is 4.17. The van der Waals surface area contributed by atoms with Crippen LogP contribution in [0.1, 0.15) is 38.7 Å². The minimum Gasteiger partial charge on any atom is -0.299 e. The first-order valence-electron chi connectivity index (χ1n) is 5.80. The Balaban J connectivity index is 2.42. The number of carbonyl (C=O) groups excluding carboxylic acids is 1. The molecule has 0 spiro atoms. The van der Waals surface area contributed by atoms with Crippen LogP contribution in [-0.2, 0) is 11.2 Å². The van der Waals surface area contributed by atoms with Crippen molar-refractivity contribution in [3.05, 3.63) is 35.9 Å². The second kappa shape index (κ2) is 6.39. The highest BCUT2D eigenvalue weighted by Gasteiger charge is 2.12. The predicted molar refractivity (Wildman–Crippen MR) is 63.8 cm³/mol. The molecule has 0 radical (unpaired) electrons. The number of hydrogen-bond donors (Lipinski definition) is 0. The maximum absolute atomic E-state index is 11.8. The van der Waals surface area contributed by atoms with Crippen LogP contribution >= 0.6 is 0 Å². The monoisotopic (exact) mass is 204 g/mol. The van der Waals surface area contributed by atoms with Crippen molar-refractivity contribution in [2.45, 2.75) is 39.5 Å². The molecule has 1 aromatic rings. The minimum absolute atomic E-state index is 0.213. The van der Waals surface area contributed by atoms with Gasteiger partial charge in [-0.1, -0.05) is 57.0 Å². The Morgan fingerprint density at radius 3 is 2.53 bits per heavy atom. The van der Waals surface area contributed by atoms with Gasteiger partial charge in [0, 0.05) is 12.3 Å². The van der Waals surface area contributed by atoms with E-state index in [1.165, 1.54) is 6.42 Å². The smallest absolute Gasteiger partial charge is 0.140 e. The molecule has 1 rings (SSSR count). The fourth-order valence-electron chi connectivity index (χ4n) is 1.64. The number of rotatable bonds is 6. The molecule has 0 aliphatic heterocycles. The molecule has 0 aromatic heterocycles. The molecule has 0 fully saturated rings. The number of benzene rings is 1. The van der Waals surface area contributed by atoms with Crippen LogP contribution in [-0.4, -0.2) is 5.78 Å². The molecular formula is C14H20O. The van der Waals surface area contributed by atoms with E-state index in [9.17, 15) is 4.79 Å². The lowest BCUT2D eigenvalue weighted by Gasteiger charge is -2.09. The van der Waals surface area contributed by atoms with Crippen LogP contribution in [0.4, 0.5) is 0 Å². The minimum atomic E-state index is 0.213. The molecule has 1 atom stereocenters. The van der Waals surface area contributed by atoms with Crippen LogP contribution in [0.3, 0.4) is 0 Å². The van der Waals surface area contributed by atoms with Crippen molar-refractivity contribution in [2.24, 2.45) is 5.92 Å². The summed E-state index contributed by atoms with van der Waals surface area (Å²) in [6.45, 7) is 4.20. The SMILES string of the molecule is CCCCC(C)C(=O)Cc1ccccc1. The zero-order valence-electron chi connectivity index (χ0n) is 9.70. The second-order valence-corrected chi connectivity index (χ2v) is 4.17. The summed E-state index contributed by atoms with van der Waals surface area (Å²) in [6, 6.07) is 9.99. The van der Waals surface area contributed by atoms with Crippen LogP contribution < -0.4 is 0 Å². The van der Waals surface area contributed by atoms with E-state index in [-0.39, 0.29) is 5.92 Å². The first-order valence-corrected chi connectivity index (χ1v) is 5.80. The quantitative estimate of drug-likeness (QED) is 0.691. The van der Waals surface area contributed by atoms with Crippen LogP contribution in [0.2, 0.25) is 0 Å². The maximum atomic E-state index is 11.8. The summed E-state index contributed by atoms with van der Waals surface area (Å²) < 4.78 is 0. The average Bonchev–Trinajstić information content (AvgIpc) is 2.27.